The summed E-state index contributed by atoms with van der Waals surface area (Å²) in [5.74, 6) is -0.511. The zero-order valence-corrected chi connectivity index (χ0v) is 12.2. The molecule has 0 spiro atoms. The molecule has 0 bridgehead atoms. The number of carbonyl (C=O) groups excluding carboxylic acids is 1. The monoisotopic (exact) mass is 336 g/mol. The molecule has 0 saturated carbocycles. The van der Waals surface area contributed by atoms with E-state index in [2.05, 4.69) is 0 Å². The quantitative estimate of drug-likeness (QED) is 0.765. The average Bonchev–Trinajstić information content (AvgIpc) is 2.79. The van der Waals surface area contributed by atoms with Gasteiger partial charge in [0.05, 0.1) is 16.7 Å². The summed E-state index contributed by atoms with van der Waals surface area (Å²) in [6, 6.07) is 10.6. The van der Waals surface area contributed by atoms with Crippen molar-refractivity contribution in [1.29, 1.82) is 5.26 Å². The number of carbonyl (C=O) groups is 1. The summed E-state index contributed by atoms with van der Waals surface area (Å²) in [6.45, 7) is 0. The van der Waals surface area contributed by atoms with Crippen LogP contribution in [0.5, 0.6) is 0 Å². The fourth-order valence-corrected chi connectivity index (χ4v) is 2.81. The lowest BCUT2D eigenvalue weighted by Gasteiger charge is -2.21. The number of anilines is 1. The first kappa shape index (κ1) is 15.4. The highest BCUT2D eigenvalue weighted by Crippen LogP contribution is 2.41. The number of halogens is 4. The van der Waals surface area contributed by atoms with Crippen LogP contribution < -0.4 is 4.90 Å². The van der Waals surface area contributed by atoms with Crippen molar-refractivity contribution in [3.8, 4) is 6.07 Å². The third kappa shape index (κ3) is 2.43. The Labute approximate surface area is 134 Å². The number of amides is 1. The Morgan fingerprint density at radius 3 is 2.52 bits per heavy atom. The van der Waals surface area contributed by atoms with E-state index < -0.39 is 28.7 Å². The van der Waals surface area contributed by atoms with Crippen LogP contribution >= 0.6 is 11.6 Å². The Balaban J connectivity index is 2.14. The first-order valence-corrected chi connectivity index (χ1v) is 6.91. The van der Waals surface area contributed by atoms with Crippen LogP contribution in [0.4, 0.5) is 18.9 Å². The molecule has 7 heteroatoms. The summed E-state index contributed by atoms with van der Waals surface area (Å²) in [4.78, 5) is 13.5. The molecule has 0 N–H and O–H groups in total. The van der Waals surface area contributed by atoms with Crippen molar-refractivity contribution in [3.63, 3.8) is 0 Å². The van der Waals surface area contributed by atoms with E-state index in [1.807, 2.05) is 6.07 Å². The van der Waals surface area contributed by atoms with Crippen molar-refractivity contribution in [2.75, 3.05) is 4.90 Å². The van der Waals surface area contributed by atoms with Gasteiger partial charge in [0.15, 0.2) is 6.04 Å². The van der Waals surface area contributed by atoms with Crippen molar-refractivity contribution < 1.29 is 18.0 Å². The van der Waals surface area contributed by atoms with Crippen LogP contribution in [0.3, 0.4) is 0 Å². The molecule has 3 rings (SSSR count). The summed E-state index contributed by atoms with van der Waals surface area (Å²) in [5, 5.41) is 8.89. The molecule has 0 saturated heterocycles. The zero-order chi connectivity index (χ0) is 16.8. The van der Waals surface area contributed by atoms with Gasteiger partial charge < -0.3 is 0 Å². The molecule has 2 aromatic carbocycles. The maximum Gasteiger partial charge on any atom is 0.417 e. The molecule has 3 nitrogen and oxygen atoms in total. The minimum Gasteiger partial charge on any atom is -0.288 e. The molecule has 1 heterocycles. The highest BCUT2D eigenvalue weighted by molar-refractivity contribution is 6.31. The molecule has 116 valence electrons. The van der Waals surface area contributed by atoms with E-state index in [-0.39, 0.29) is 5.69 Å². The van der Waals surface area contributed by atoms with E-state index in [1.54, 1.807) is 24.3 Å². The van der Waals surface area contributed by atoms with E-state index in [0.29, 0.717) is 11.1 Å². The number of hydrogen-bond acceptors (Lipinski definition) is 2. The van der Waals surface area contributed by atoms with Gasteiger partial charge in [-0.2, -0.15) is 18.4 Å². The molecule has 1 amide bonds. The number of fused-ring (bicyclic) bond motifs is 1. The minimum atomic E-state index is -4.65. The van der Waals surface area contributed by atoms with Crippen LogP contribution in [0.15, 0.2) is 42.5 Å². The van der Waals surface area contributed by atoms with Gasteiger partial charge >= 0.3 is 6.18 Å². The maximum atomic E-state index is 13.0. The second-order valence-electron chi connectivity index (χ2n) is 4.96. The van der Waals surface area contributed by atoms with Crippen LogP contribution in [0, 0.1) is 11.3 Å². The first-order chi connectivity index (χ1) is 10.8. The second-order valence-corrected chi connectivity index (χ2v) is 5.36. The molecule has 1 aliphatic rings. The minimum absolute atomic E-state index is 0.0190. The molecule has 0 aliphatic carbocycles. The number of rotatable bonds is 1. The average molecular weight is 337 g/mol. The molecule has 1 atom stereocenters. The van der Waals surface area contributed by atoms with Crippen molar-refractivity contribution in [1.82, 2.24) is 0 Å². The molecule has 23 heavy (non-hydrogen) atoms. The predicted octanol–water partition coefficient (Wildman–Crippen LogP) is 4.58. The van der Waals surface area contributed by atoms with E-state index >= 15 is 0 Å². The lowest BCUT2D eigenvalue weighted by molar-refractivity contribution is -0.137. The normalized spacial score (nSPS) is 17.1. The molecular formula is C16H8ClF3N2O. The fraction of sp³-hybridized carbons (Fsp3) is 0.125. The van der Waals surface area contributed by atoms with Crippen molar-refractivity contribution >= 4 is 23.2 Å². The Morgan fingerprint density at radius 1 is 1.17 bits per heavy atom. The summed E-state index contributed by atoms with van der Waals surface area (Å²) in [7, 11) is 0. The molecule has 1 unspecified atom stereocenters. The van der Waals surface area contributed by atoms with Gasteiger partial charge in [0, 0.05) is 16.8 Å². The topological polar surface area (TPSA) is 44.1 Å². The van der Waals surface area contributed by atoms with Crippen molar-refractivity contribution in [2.24, 2.45) is 0 Å². The lowest BCUT2D eigenvalue weighted by atomic mass is 10.1. The van der Waals surface area contributed by atoms with Crippen molar-refractivity contribution in [3.05, 3.63) is 64.2 Å². The number of alkyl halides is 3. The Morgan fingerprint density at radius 2 is 1.87 bits per heavy atom. The highest BCUT2D eigenvalue weighted by Gasteiger charge is 2.39. The number of nitriles is 1. The number of benzene rings is 2. The van der Waals surface area contributed by atoms with Crippen LogP contribution in [-0.4, -0.2) is 5.91 Å². The molecule has 1 aliphatic heterocycles. The van der Waals surface area contributed by atoms with Crippen molar-refractivity contribution in [2.45, 2.75) is 12.2 Å². The Hall–Kier alpha value is -2.52. The number of nitrogens with zero attached hydrogens (tertiary/aromatic N) is 2. The molecule has 0 radical (unpaired) electrons. The SMILES string of the molecule is N#CC1c2ccccc2C(=O)N1c1ccc(Cl)c(C(F)(F)F)c1. The van der Waals surface area contributed by atoms with E-state index in [0.717, 1.165) is 17.0 Å². The smallest absolute Gasteiger partial charge is 0.288 e. The summed E-state index contributed by atoms with van der Waals surface area (Å²) in [6.07, 6.45) is -4.65. The Kier molecular flexibility index (Phi) is 3.53. The van der Waals surface area contributed by atoms with Gasteiger partial charge in [-0.15, -0.1) is 0 Å². The fourth-order valence-electron chi connectivity index (χ4n) is 2.59. The van der Waals surface area contributed by atoms with Gasteiger partial charge in [-0.1, -0.05) is 29.8 Å². The predicted molar refractivity (Wildman–Crippen MR) is 78.1 cm³/mol. The zero-order valence-electron chi connectivity index (χ0n) is 11.4. The summed E-state index contributed by atoms with van der Waals surface area (Å²) < 4.78 is 39.0. The highest BCUT2D eigenvalue weighted by atomic mass is 35.5. The standard InChI is InChI=1S/C16H8ClF3N2O/c17-13-6-5-9(7-12(13)16(18,19)20)22-14(8-21)10-3-1-2-4-11(10)15(22)23/h1-7,14H. The van der Waals surface area contributed by atoms with E-state index in [1.165, 1.54) is 6.07 Å². The van der Waals surface area contributed by atoms with Crippen LogP contribution in [0.1, 0.15) is 27.5 Å². The van der Waals surface area contributed by atoms with Gasteiger partial charge in [0.2, 0.25) is 0 Å². The molecular weight excluding hydrogens is 329 g/mol. The lowest BCUT2D eigenvalue weighted by Crippen LogP contribution is -2.27. The second kappa shape index (κ2) is 5.28. The maximum absolute atomic E-state index is 13.0. The number of hydrogen-bond donors (Lipinski definition) is 0. The third-order valence-corrected chi connectivity index (χ3v) is 3.95. The molecule has 2 aromatic rings. The molecule has 0 fully saturated rings. The first-order valence-electron chi connectivity index (χ1n) is 6.53. The van der Waals surface area contributed by atoms with Crippen LogP contribution in [-0.2, 0) is 6.18 Å². The van der Waals surface area contributed by atoms with Gasteiger partial charge in [-0.25, -0.2) is 0 Å². The van der Waals surface area contributed by atoms with Crippen LogP contribution in [0.25, 0.3) is 0 Å². The summed E-state index contributed by atoms with van der Waals surface area (Å²) in [5.41, 5.74) is -0.280. The Bertz CT molecular complexity index is 842. The summed E-state index contributed by atoms with van der Waals surface area (Å²) >= 11 is 5.59. The van der Waals surface area contributed by atoms with E-state index in [4.69, 9.17) is 11.6 Å². The van der Waals surface area contributed by atoms with Gasteiger partial charge in [-0.05, 0) is 24.3 Å². The van der Waals surface area contributed by atoms with Crippen LogP contribution in [0.2, 0.25) is 5.02 Å². The third-order valence-electron chi connectivity index (χ3n) is 3.62. The van der Waals surface area contributed by atoms with Gasteiger partial charge in [-0.3, -0.25) is 9.69 Å². The van der Waals surface area contributed by atoms with Gasteiger partial charge in [0.25, 0.3) is 5.91 Å². The van der Waals surface area contributed by atoms with Gasteiger partial charge in [0.1, 0.15) is 0 Å². The largest absolute Gasteiger partial charge is 0.417 e. The molecule has 0 aromatic heterocycles. The van der Waals surface area contributed by atoms with E-state index in [9.17, 15) is 23.2 Å².